The van der Waals surface area contributed by atoms with Gasteiger partial charge in [-0.15, -0.1) is 10.2 Å². The van der Waals surface area contributed by atoms with E-state index in [1.165, 1.54) is 17.8 Å². The van der Waals surface area contributed by atoms with E-state index in [1.807, 2.05) is 65.1 Å². The maximum Gasteiger partial charge on any atom is 0.262 e. The number of aryl methyl sites for hydroxylation is 2. The second-order valence-electron chi connectivity index (χ2n) is 7.21. The number of nitrogens with zero attached hydrogens (tertiary/aromatic N) is 4. The van der Waals surface area contributed by atoms with Crippen LogP contribution in [0.3, 0.4) is 0 Å². The first-order chi connectivity index (χ1) is 15.2. The Morgan fingerprint density at radius 3 is 2.45 bits per heavy atom. The molecule has 0 saturated carbocycles. The van der Waals surface area contributed by atoms with E-state index in [1.54, 1.807) is 16.7 Å². The van der Waals surface area contributed by atoms with Crippen LogP contribution < -0.4 is 5.56 Å². The minimum atomic E-state index is -0.242. The molecule has 5 nitrogen and oxygen atoms in total. The maximum absolute atomic E-state index is 14.1. The fraction of sp³-hybridized carbons (Fsp3) is 0.125. The van der Waals surface area contributed by atoms with Crippen molar-refractivity contribution >= 4 is 28.4 Å². The van der Waals surface area contributed by atoms with Crippen LogP contribution in [0.1, 0.15) is 11.1 Å². The zero-order valence-corrected chi connectivity index (χ0v) is 17.4. The molecule has 0 unspecified atom stereocenters. The van der Waals surface area contributed by atoms with E-state index in [4.69, 9.17) is 0 Å². The summed E-state index contributed by atoms with van der Waals surface area (Å²) < 4.78 is 17.6. The highest BCUT2D eigenvalue weighted by Gasteiger charge is 2.17. The van der Waals surface area contributed by atoms with Crippen molar-refractivity contribution in [3.8, 4) is 0 Å². The third-order valence-electron chi connectivity index (χ3n) is 5.26. The summed E-state index contributed by atoms with van der Waals surface area (Å²) in [5, 5.41) is 9.91. The zero-order chi connectivity index (χ0) is 21.2. The summed E-state index contributed by atoms with van der Waals surface area (Å²) in [6.07, 6.45) is 0.708. The fourth-order valence-electron chi connectivity index (χ4n) is 3.67. The van der Waals surface area contributed by atoms with Crippen molar-refractivity contribution in [2.75, 3.05) is 0 Å². The van der Waals surface area contributed by atoms with Gasteiger partial charge in [-0.1, -0.05) is 72.4 Å². The molecule has 0 radical (unpaired) electrons. The summed E-state index contributed by atoms with van der Waals surface area (Å²) in [7, 11) is 0. The second-order valence-corrected chi connectivity index (χ2v) is 8.15. The molecule has 0 saturated heterocycles. The summed E-state index contributed by atoms with van der Waals surface area (Å²) in [6, 6.07) is 24.2. The van der Waals surface area contributed by atoms with Gasteiger partial charge in [-0.3, -0.25) is 13.8 Å². The van der Waals surface area contributed by atoms with Gasteiger partial charge in [0.15, 0.2) is 5.16 Å². The Labute approximate surface area is 182 Å². The van der Waals surface area contributed by atoms with Gasteiger partial charge in [0.2, 0.25) is 5.78 Å². The van der Waals surface area contributed by atoms with E-state index < -0.39 is 0 Å². The van der Waals surface area contributed by atoms with Crippen LogP contribution in [0.2, 0.25) is 0 Å². The Hall–Kier alpha value is -3.45. The molecule has 5 aromatic rings. The highest BCUT2D eigenvalue weighted by Crippen LogP contribution is 2.25. The lowest BCUT2D eigenvalue weighted by atomic mass is 10.1. The third kappa shape index (κ3) is 3.72. The largest absolute Gasteiger partial charge is 0.276 e. The van der Waals surface area contributed by atoms with Crippen LogP contribution in [0.5, 0.6) is 0 Å². The molecule has 0 aliphatic heterocycles. The molecular weight excluding hydrogens is 411 g/mol. The number of aromatic nitrogens is 4. The van der Waals surface area contributed by atoms with Crippen LogP contribution in [0.4, 0.5) is 4.39 Å². The minimum Gasteiger partial charge on any atom is -0.276 e. The van der Waals surface area contributed by atoms with Crippen LogP contribution in [-0.4, -0.2) is 19.2 Å². The molecule has 154 valence electrons. The Bertz CT molecular complexity index is 1430. The lowest BCUT2D eigenvalue weighted by molar-refractivity contribution is 0.617. The van der Waals surface area contributed by atoms with Gasteiger partial charge in [-0.25, -0.2) is 4.39 Å². The molecule has 0 bridgehead atoms. The topological polar surface area (TPSA) is 52.2 Å². The van der Waals surface area contributed by atoms with Gasteiger partial charge >= 0.3 is 0 Å². The molecule has 2 heterocycles. The smallest absolute Gasteiger partial charge is 0.262 e. The van der Waals surface area contributed by atoms with Crippen LogP contribution in [0.25, 0.3) is 16.7 Å². The Morgan fingerprint density at radius 1 is 0.871 bits per heavy atom. The Balaban J connectivity index is 1.58. The molecule has 31 heavy (non-hydrogen) atoms. The predicted octanol–water partition coefficient (Wildman–Crippen LogP) is 4.72. The molecule has 7 heteroatoms. The van der Waals surface area contributed by atoms with Crippen molar-refractivity contribution in [1.29, 1.82) is 0 Å². The first-order valence-corrected chi connectivity index (χ1v) is 11.0. The van der Waals surface area contributed by atoms with Crippen molar-refractivity contribution in [2.24, 2.45) is 0 Å². The molecule has 0 spiro atoms. The first-order valence-electron chi connectivity index (χ1n) is 9.99. The number of halogens is 1. The lowest BCUT2D eigenvalue weighted by Crippen LogP contribution is -2.24. The van der Waals surface area contributed by atoms with E-state index >= 15 is 0 Å². The molecule has 0 atom stereocenters. The van der Waals surface area contributed by atoms with Gasteiger partial charge in [-0.05, 0) is 35.7 Å². The molecule has 5 rings (SSSR count). The number of hydrogen-bond donors (Lipinski definition) is 0. The fourth-order valence-corrected chi connectivity index (χ4v) is 4.60. The van der Waals surface area contributed by atoms with E-state index in [0.717, 1.165) is 11.1 Å². The zero-order valence-electron chi connectivity index (χ0n) is 16.6. The molecule has 3 aromatic carbocycles. The number of hydrogen-bond acceptors (Lipinski definition) is 4. The van der Waals surface area contributed by atoms with E-state index in [2.05, 4.69) is 10.2 Å². The number of para-hydroxylation sites is 1. The second kappa shape index (κ2) is 8.35. The summed E-state index contributed by atoms with van der Waals surface area (Å²) in [4.78, 5) is 13.2. The maximum atomic E-state index is 14.1. The lowest BCUT2D eigenvalue weighted by Gasteiger charge is -2.11. The van der Waals surface area contributed by atoms with E-state index in [9.17, 15) is 9.18 Å². The molecule has 0 N–H and O–H groups in total. The molecule has 0 aliphatic rings. The number of rotatable bonds is 6. The summed E-state index contributed by atoms with van der Waals surface area (Å²) in [6.45, 7) is 0.493. The highest BCUT2D eigenvalue weighted by molar-refractivity contribution is 7.98. The van der Waals surface area contributed by atoms with Crippen molar-refractivity contribution in [3.05, 3.63) is 106 Å². The van der Waals surface area contributed by atoms with Crippen molar-refractivity contribution in [2.45, 2.75) is 23.9 Å². The summed E-state index contributed by atoms with van der Waals surface area (Å²) in [5.41, 5.74) is 2.41. The molecule has 0 fully saturated rings. The van der Waals surface area contributed by atoms with Crippen molar-refractivity contribution in [3.63, 3.8) is 0 Å². The highest BCUT2D eigenvalue weighted by atomic mass is 32.2. The van der Waals surface area contributed by atoms with Gasteiger partial charge < -0.3 is 0 Å². The van der Waals surface area contributed by atoms with Crippen LogP contribution in [-0.2, 0) is 18.7 Å². The van der Waals surface area contributed by atoms with Gasteiger partial charge in [0, 0.05) is 12.3 Å². The van der Waals surface area contributed by atoms with Crippen LogP contribution >= 0.6 is 11.8 Å². The average molecular weight is 431 g/mol. The number of benzene rings is 3. The monoisotopic (exact) mass is 430 g/mol. The number of thioether (sulfide) groups is 1. The normalized spacial score (nSPS) is 11.4. The SMILES string of the molecule is O=c1c2ccccc2n2c(SCc3ccccc3F)nnc2n1CCc1ccccc1. The van der Waals surface area contributed by atoms with E-state index in [-0.39, 0.29) is 11.4 Å². The average Bonchev–Trinajstić information content (AvgIpc) is 3.23. The third-order valence-corrected chi connectivity index (χ3v) is 6.24. The predicted molar refractivity (Wildman–Crippen MR) is 121 cm³/mol. The Morgan fingerprint density at radius 2 is 1.61 bits per heavy atom. The standard InChI is InChI=1S/C24H19FN4OS/c25-20-12-6-4-10-18(20)16-31-24-27-26-23-28(15-14-17-8-2-1-3-9-17)22(30)19-11-5-7-13-21(19)29(23)24/h1-13H,14-16H2. The molecular formula is C24H19FN4OS. The molecule has 0 amide bonds. The van der Waals surface area contributed by atoms with Crippen molar-refractivity contribution in [1.82, 2.24) is 19.2 Å². The first kappa shape index (κ1) is 19.5. The Kier molecular flexibility index (Phi) is 5.26. The summed E-state index contributed by atoms with van der Waals surface area (Å²) in [5.74, 6) is 0.675. The van der Waals surface area contributed by atoms with Crippen molar-refractivity contribution < 1.29 is 4.39 Å². The quantitative estimate of drug-likeness (QED) is 0.366. The van der Waals surface area contributed by atoms with Crippen LogP contribution in [0.15, 0.2) is 88.8 Å². The summed E-state index contributed by atoms with van der Waals surface area (Å²) >= 11 is 1.40. The van der Waals surface area contributed by atoms with Gasteiger partial charge in [0.1, 0.15) is 5.82 Å². The minimum absolute atomic E-state index is 0.0860. The van der Waals surface area contributed by atoms with Gasteiger partial charge in [0.05, 0.1) is 10.9 Å². The van der Waals surface area contributed by atoms with Gasteiger partial charge in [0.25, 0.3) is 5.56 Å². The molecule has 0 aliphatic carbocycles. The molecule has 2 aromatic heterocycles. The van der Waals surface area contributed by atoms with Crippen LogP contribution in [0, 0.1) is 5.82 Å². The number of fused-ring (bicyclic) bond motifs is 3. The van der Waals surface area contributed by atoms with Gasteiger partial charge in [-0.2, -0.15) is 0 Å². The van der Waals surface area contributed by atoms with E-state index in [0.29, 0.717) is 40.6 Å².